The maximum atomic E-state index is 11.1. The van der Waals surface area contributed by atoms with Gasteiger partial charge in [-0.05, 0) is 20.0 Å². The normalized spacial score (nSPS) is 10.5. The molecule has 0 N–H and O–H groups in total. The zero-order valence-corrected chi connectivity index (χ0v) is 9.34. The van der Waals surface area contributed by atoms with E-state index in [0.29, 0.717) is 0 Å². The minimum Gasteiger partial charge on any atom is -0.342 e. The fourth-order valence-electron chi connectivity index (χ4n) is 1.15. The highest BCUT2D eigenvalue weighted by Gasteiger charge is 2.07. The molecule has 0 rings (SSSR count). The third kappa shape index (κ3) is 5.64. The van der Waals surface area contributed by atoms with E-state index in [2.05, 4.69) is 25.8 Å². The molecule has 3 nitrogen and oxygen atoms in total. The smallest absolute Gasteiger partial charge is 0.219 e. The number of rotatable bonds is 6. The van der Waals surface area contributed by atoms with Crippen molar-refractivity contribution in [1.29, 1.82) is 0 Å². The highest BCUT2D eigenvalue weighted by molar-refractivity contribution is 5.73. The second kappa shape index (κ2) is 6.89. The summed E-state index contributed by atoms with van der Waals surface area (Å²) in [4.78, 5) is 15.3. The first-order valence-electron chi connectivity index (χ1n) is 5.05. The van der Waals surface area contributed by atoms with Crippen LogP contribution in [0.5, 0.6) is 0 Å². The SMILES string of the molecule is CCCN(CCN(C)CC)C(C)=O. The molecular weight excluding hydrogens is 164 g/mol. The molecule has 0 aliphatic carbocycles. The molecule has 0 heterocycles. The Morgan fingerprint density at radius 2 is 1.77 bits per heavy atom. The van der Waals surface area contributed by atoms with Crippen molar-refractivity contribution < 1.29 is 4.79 Å². The molecule has 1 amide bonds. The van der Waals surface area contributed by atoms with E-state index < -0.39 is 0 Å². The van der Waals surface area contributed by atoms with Gasteiger partial charge in [-0.15, -0.1) is 0 Å². The van der Waals surface area contributed by atoms with Crippen LogP contribution in [0.2, 0.25) is 0 Å². The molecule has 0 aliphatic heterocycles. The van der Waals surface area contributed by atoms with E-state index in [1.54, 1.807) is 6.92 Å². The Bertz CT molecular complexity index is 148. The maximum absolute atomic E-state index is 11.1. The van der Waals surface area contributed by atoms with Gasteiger partial charge in [0.2, 0.25) is 5.91 Å². The van der Waals surface area contributed by atoms with E-state index >= 15 is 0 Å². The molecule has 0 aromatic carbocycles. The first-order chi connectivity index (χ1) is 6.11. The molecule has 13 heavy (non-hydrogen) atoms. The van der Waals surface area contributed by atoms with E-state index in [1.165, 1.54) is 0 Å². The molecule has 0 atom stereocenters. The highest BCUT2D eigenvalue weighted by atomic mass is 16.2. The molecule has 0 aromatic heterocycles. The molecular formula is C10H22N2O. The lowest BCUT2D eigenvalue weighted by Crippen LogP contribution is -2.36. The minimum atomic E-state index is 0.186. The molecule has 0 spiro atoms. The van der Waals surface area contributed by atoms with Crippen molar-refractivity contribution in [2.45, 2.75) is 27.2 Å². The van der Waals surface area contributed by atoms with Gasteiger partial charge in [0, 0.05) is 26.6 Å². The molecule has 0 aromatic rings. The lowest BCUT2D eigenvalue weighted by Gasteiger charge is -2.23. The van der Waals surface area contributed by atoms with Crippen LogP contribution < -0.4 is 0 Å². The van der Waals surface area contributed by atoms with Crippen molar-refractivity contribution in [1.82, 2.24) is 9.80 Å². The molecule has 78 valence electrons. The predicted molar refractivity (Wildman–Crippen MR) is 55.7 cm³/mol. The van der Waals surface area contributed by atoms with Crippen molar-refractivity contribution in [3.63, 3.8) is 0 Å². The first kappa shape index (κ1) is 12.4. The first-order valence-corrected chi connectivity index (χ1v) is 5.05. The molecule has 0 unspecified atom stereocenters. The molecule has 0 aliphatic rings. The van der Waals surface area contributed by atoms with Gasteiger partial charge in [-0.2, -0.15) is 0 Å². The number of amides is 1. The minimum absolute atomic E-state index is 0.186. The third-order valence-corrected chi connectivity index (χ3v) is 2.23. The van der Waals surface area contributed by atoms with Crippen molar-refractivity contribution in [3.05, 3.63) is 0 Å². The van der Waals surface area contributed by atoms with Gasteiger partial charge >= 0.3 is 0 Å². The second-order valence-electron chi connectivity index (χ2n) is 3.40. The maximum Gasteiger partial charge on any atom is 0.219 e. The van der Waals surface area contributed by atoms with Crippen LogP contribution in [0.15, 0.2) is 0 Å². The summed E-state index contributed by atoms with van der Waals surface area (Å²) >= 11 is 0. The number of hydrogen-bond donors (Lipinski definition) is 0. The fourth-order valence-corrected chi connectivity index (χ4v) is 1.15. The average molecular weight is 186 g/mol. The van der Waals surface area contributed by atoms with Crippen LogP contribution in [0.25, 0.3) is 0 Å². The summed E-state index contributed by atoms with van der Waals surface area (Å²) in [6.07, 6.45) is 1.04. The highest BCUT2D eigenvalue weighted by Crippen LogP contribution is 1.93. The van der Waals surface area contributed by atoms with Crippen molar-refractivity contribution in [3.8, 4) is 0 Å². The zero-order chi connectivity index (χ0) is 10.3. The quantitative estimate of drug-likeness (QED) is 0.622. The Morgan fingerprint density at radius 1 is 1.15 bits per heavy atom. The monoisotopic (exact) mass is 186 g/mol. The van der Waals surface area contributed by atoms with Gasteiger partial charge in [-0.3, -0.25) is 4.79 Å². The number of nitrogens with zero attached hydrogens (tertiary/aromatic N) is 2. The van der Waals surface area contributed by atoms with E-state index in [1.807, 2.05) is 4.90 Å². The van der Waals surface area contributed by atoms with Crippen LogP contribution in [0, 0.1) is 0 Å². The van der Waals surface area contributed by atoms with Gasteiger partial charge in [0.15, 0.2) is 0 Å². The van der Waals surface area contributed by atoms with Gasteiger partial charge < -0.3 is 9.80 Å². The molecule has 0 fully saturated rings. The topological polar surface area (TPSA) is 23.6 Å². The Balaban J connectivity index is 3.75. The lowest BCUT2D eigenvalue weighted by molar-refractivity contribution is -0.129. The predicted octanol–water partition coefficient (Wildman–Crippen LogP) is 1.20. The van der Waals surface area contributed by atoms with Gasteiger partial charge in [0.1, 0.15) is 0 Å². The largest absolute Gasteiger partial charge is 0.342 e. The summed E-state index contributed by atoms with van der Waals surface area (Å²) in [5, 5.41) is 0. The standard InChI is InChI=1S/C10H22N2O/c1-5-7-12(10(3)13)9-8-11(4)6-2/h5-9H2,1-4H3. The van der Waals surface area contributed by atoms with Gasteiger partial charge in [0.25, 0.3) is 0 Å². The summed E-state index contributed by atoms with van der Waals surface area (Å²) in [7, 11) is 2.07. The molecule has 0 bridgehead atoms. The summed E-state index contributed by atoms with van der Waals surface area (Å²) in [5.41, 5.74) is 0. The molecule has 0 saturated heterocycles. The van der Waals surface area contributed by atoms with Crippen molar-refractivity contribution in [2.75, 3.05) is 33.2 Å². The number of carbonyl (C=O) groups is 1. The molecule has 0 saturated carbocycles. The average Bonchev–Trinajstić information content (AvgIpc) is 2.11. The van der Waals surface area contributed by atoms with E-state index in [4.69, 9.17) is 0 Å². The van der Waals surface area contributed by atoms with E-state index in [-0.39, 0.29) is 5.91 Å². The van der Waals surface area contributed by atoms with Gasteiger partial charge in [-0.25, -0.2) is 0 Å². The number of hydrogen-bond acceptors (Lipinski definition) is 2. The Morgan fingerprint density at radius 3 is 2.15 bits per heavy atom. The molecule has 3 heteroatoms. The van der Waals surface area contributed by atoms with Gasteiger partial charge in [-0.1, -0.05) is 13.8 Å². The van der Waals surface area contributed by atoms with Gasteiger partial charge in [0.05, 0.1) is 0 Å². The number of carbonyl (C=O) groups excluding carboxylic acids is 1. The fraction of sp³-hybridized carbons (Fsp3) is 0.900. The second-order valence-corrected chi connectivity index (χ2v) is 3.40. The number of likely N-dealkylation sites (N-methyl/N-ethyl adjacent to an activating group) is 1. The lowest BCUT2D eigenvalue weighted by atomic mass is 10.4. The van der Waals surface area contributed by atoms with E-state index in [9.17, 15) is 4.79 Å². The Kier molecular flexibility index (Phi) is 6.59. The van der Waals surface area contributed by atoms with Crippen LogP contribution in [0.3, 0.4) is 0 Å². The Labute approximate surface area is 81.7 Å². The Hall–Kier alpha value is -0.570. The summed E-state index contributed by atoms with van der Waals surface area (Å²) in [6, 6.07) is 0. The zero-order valence-electron chi connectivity index (χ0n) is 9.34. The summed E-state index contributed by atoms with van der Waals surface area (Å²) in [5.74, 6) is 0.186. The van der Waals surface area contributed by atoms with Crippen LogP contribution >= 0.6 is 0 Å². The van der Waals surface area contributed by atoms with Crippen LogP contribution in [-0.4, -0.2) is 48.9 Å². The summed E-state index contributed by atoms with van der Waals surface area (Å²) < 4.78 is 0. The van der Waals surface area contributed by atoms with Crippen molar-refractivity contribution in [2.24, 2.45) is 0 Å². The van der Waals surface area contributed by atoms with Crippen molar-refractivity contribution >= 4 is 5.91 Å². The van der Waals surface area contributed by atoms with Crippen LogP contribution in [-0.2, 0) is 4.79 Å². The van der Waals surface area contributed by atoms with Crippen LogP contribution in [0.1, 0.15) is 27.2 Å². The third-order valence-electron chi connectivity index (χ3n) is 2.23. The van der Waals surface area contributed by atoms with E-state index in [0.717, 1.165) is 32.6 Å². The summed E-state index contributed by atoms with van der Waals surface area (Å²) in [6.45, 7) is 9.60. The van der Waals surface area contributed by atoms with Crippen LogP contribution in [0.4, 0.5) is 0 Å². The molecule has 0 radical (unpaired) electrons.